The number of nitrogens with two attached hydrogens (primary N) is 1. The molecule has 0 spiro atoms. The topological polar surface area (TPSA) is 109 Å². The van der Waals surface area contributed by atoms with Crippen LogP contribution in [-0.4, -0.2) is 11.8 Å². The number of nitrogens with one attached hydrogen (secondary N) is 1. The molecular formula is C23H17Cl2N3O3S. The van der Waals surface area contributed by atoms with Crippen molar-refractivity contribution in [3.05, 3.63) is 67.7 Å². The van der Waals surface area contributed by atoms with Gasteiger partial charge in [-0.3, -0.25) is 9.59 Å². The summed E-state index contributed by atoms with van der Waals surface area (Å²) in [4.78, 5) is 25.9. The molecule has 0 fully saturated rings. The number of halogens is 2. The summed E-state index contributed by atoms with van der Waals surface area (Å²) in [6.07, 6.45) is 4.92. The van der Waals surface area contributed by atoms with Crippen molar-refractivity contribution in [3.63, 3.8) is 0 Å². The minimum atomic E-state index is -0.646. The molecule has 4 rings (SSSR count). The Hall–Kier alpha value is -3.05. The minimum Gasteiger partial charge on any atom is -0.457 e. The standard InChI is InChI=1S/C23H17Cl2N3O3S/c24-16-6-3-5-14(20(16)25)17-9-8-13(31-17)10-12(11-26)22(30)28-23-19(21(27)29)15-4-1-2-7-18(15)32-23/h3,5-6,8-10H,1-2,4,7H2,(H2,27,29)(H,28,30). The zero-order valence-corrected chi connectivity index (χ0v) is 19.0. The van der Waals surface area contributed by atoms with Gasteiger partial charge in [0.05, 0.1) is 15.6 Å². The fraction of sp³-hybridized carbons (Fsp3) is 0.174. The number of nitrogens with zero attached hydrogens (tertiary/aromatic N) is 1. The number of carbonyl (C=O) groups is 2. The minimum absolute atomic E-state index is 0.176. The van der Waals surface area contributed by atoms with Crippen molar-refractivity contribution in [2.75, 3.05) is 5.32 Å². The lowest BCUT2D eigenvalue weighted by atomic mass is 9.95. The molecule has 3 aromatic rings. The Kier molecular flexibility index (Phi) is 6.38. The molecule has 6 nitrogen and oxygen atoms in total. The van der Waals surface area contributed by atoms with Crippen LogP contribution in [-0.2, 0) is 17.6 Å². The average Bonchev–Trinajstić information content (AvgIpc) is 3.37. The lowest BCUT2D eigenvalue weighted by Gasteiger charge is -2.11. The lowest BCUT2D eigenvalue weighted by Crippen LogP contribution is -2.19. The number of primary amides is 1. The van der Waals surface area contributed by atoms with Gasteiger partial charge in [-0.2, -0.15) is 5.26 Å². The van der Waals surface area contributed by atoms with Gasteiger partial charge in [-0.15, -0.1) is 11.3 Å². The summed E-state index contributed by atoms with van der Waals surface area (Å²) in [6.45, 7) is 0. The first-order valence-corrected chi connectivity index (χ1v) is 11.4. The summed E-state index contributed by atoms with van der Waals surface area (Å²) in [5.41, 5.74) is 7.23. The number of benzene rings is 1. The number of amides is 2. The number of hydrogen-bond donors (Lipinski definition) is 2. The molecule has 0 saturated carbocycles. The molecule has 9 heteroatoms. The van der Waals surface area contributed by atoms with Crippen LogP contribution in [0.5, 0.6) is 0 Å². The summed E-state index contributed by atoms with van der Waals surface area (Å²) >= 11 is 13.6. The van der Waals surface area contributed by atoms with Crippen LogP contribution in [0.1, 0.15) is 39.4 Å². The summed E-state index contributed by atoms with van der Waals surface area (Å²) < 4.78 is 5.74. The predicted molar refractivity (Wildman–Crippen MR) is 126 cm³/mol. The van der Waals surface area contributed by atoms with Crippen molar-refractivity contribution in [1.82, 2.24) is 0 Å². The van der Waals surface area contributed by atoms with Crippen LogP contribution in [0.4, 0.5) is 5.00 Å². The number of nitriles is 1. The second-order valence-electron chi connectivity index (χ2n) is 7.21. The van der Waals surface area contributed by atoms with E-state index < -0.39 is 11.8 Å². The number of thiophene rings is 1. The van der Waals surface area contributed by atoms with Gasteiger partial charge in [-0.05, 0) is 55.5 Å². The first-order valence-electron chi connectivity index (χ1n) is 9.80. The fourth-order valence-corrected chi connectivity index (χ4v) is 5.33. The number of hydrogen-bond acceptors (Lipinski definition) is 5. The van der Waals surface area contributed by atoms with Crippen LogP contribution < -0.4 is 11.1 Å². The van der Waals surface area contributed by atoms with Crippen molar-refractivity contribution in [1.29, 1.82) is 5.26 Å². The number of furan rings is 1. The molecule has 0 atom stereocenters. The predicted octanol–water partition coefficient (Wildman–Crippen LogP) is 5.84. The van der Waals surface area contributed by atoms with Crippen molar-refractivity contribution in [2.45, 2.75) is 25.7 Å². The Morgan fingerprint density at radius 2 is 1.97 bits per heavy atom. The highest BCUT2D eigenvalue weighted by molar-refractivity contribution is 7.17. The molecule has 0 radical (unpaired) electrons. The largest absolute Gasteiger partial charge is 0.457 e. The molecule has 0 unspecified atom stereocenters. The second-order valence-corrected chi connectivity index (χ2v) is 9.10. The maximum Gasteiger partial charge on any atom is 0.267 e. The van der Waals surface area contributed by atoms with E-state index in [0.717, 1.165) is 36.1 Å². The van der Waals surface area contributed by atoms with Crippen LogP contribution in [0.15, 0.2) is 40.3 Å². The first kappa shape index (κ1) is 22.2. The van der Waals surface area contributed by atoms with E-state index in [1.54, 1.807) is 30.3 Å². The van der Waals surface area contributed by atoms with E-state index in [2.05, 4.69) is 5.32 Å². The molecule has 3 N–H and O–H groups in total. The number of rotatable bonds is 5. The average molecular weight is 486 g/mol. The third-order valence-corrected chi connectivity index (χ3v) is 7.17. The molecule has 2 aromatic heterocycles. The van der Waals surface area contributed by atoms with Crippen LogP contribution in [0.2, 0.25) is 10.0 Å². The smallest absolute Gasteiger partial charge is 0.267 e. The number of fused-ring (bicyclic) bond motifs is 1. The van der Waals surface area contributed by atoms with E-state index in [1.807, 2.05) is 6.07 Å². The van der Waals surface area contributed by atoms with Crippen molar-refractivity contribution < 1.29 is 14.0 Å². The molecule has 1 aliphatic carbocycles. The number of carbonyl (C=O) groups excluding carboxylic acids is 2. The van der Waals surface area contributed by atoms with Crippen LogP contribution >= 0.6 is 34.5 Å². The number of aryl methyl sites for hydroxylation is 1. The summed E-state index contributed by atoms with van der Waals surface area (Å²) in [5, 5.41) is 13.3. The molecule has 0 bridgehead atoms. The molecule has 32 heavy (non-hydrogen) atoms. The molecule has 2 heterocycles. The first-order chi connectivity index (χ1) is 15.4. The van der Waals surface area contributed by atoms with Gasteiger partial charge in [0, 0.05) is 16.5 Å². The summed E-state index contributed by atoms with van der Waals surface area (Å²) in [7, 11) is 0. The Morgan fingerprint density at radius 1 is 1.19 bits per heavy atom. The Bertz CT molecular complexity index is 1300. The van der Waals surface area contributed by atoms with Crippen molar-refractivity contribution >= 4 is 57.4 Å². The van der Waals surface area contributed by atoms with E-state index in [-0.39, 0.29) is 5.57 Å². The van der Waals surface area contributed by atoms with Gasteiger partial charge in [0.25, 0.3) is 11.8 Å². The van der Waals surface area contributed by atoms with E-state index >= 15 is 0 Å². The van der Waals surface area contributed by atoms with E-state index in [0.29, 0.717) is 37.7 Å². The molecule has 0 saturated heterocycles. The van der Waals surface area contributed by atoms with Gasteiger partial charge in [0.1, 0.15) is 28.2 Å². The zero-order chi connectivity index (χ0) is 22.8. The maximum absolute atomic E-state index is 12.8. The zero-order valence-electron chi connectivity index (χ0n) is 16.7. The Balaban J connectivity index is 1.60. The summed E-state index contributed by atoms with van der Waals surface area (Å²) in [6, 6.07) is 10.3. The second kappa shape index (κ2) is 9.21. The SMILES string of the molecule is N#CC(=Cc1ccc(-c2cccc(Cl)c2Cl)o1)C(=O)Nc1sc2c(c1C(N)=O)CCCC2. The molecule has 2 amide bonds. The monoisotopic (exact) mass is 485 g/mol. The fourth-order valence-electron chi connectivity index (χ4n) is 3.65. The third kappa shape index (κ3) is 4.30. The van der Waals surface area contributed by atoms with Gasteiger partial charge in [0.15, 0.2) is 0 Å². The van der Waals surface area contributed by atoms with E-state index in [4.69, 9.17) is 33.4 Å². The van der Waals surface area contributed by atoms with E-state index in [9.17, 15) is 14.9 Å². The highest BCUT2D eigenvalue weighted by Crippen LogP contribution is 2.38. The van der Waals surface area contributed by atoms with Gasteiger partial charge in [-0.1, -0.05) is 29.3 Å². The molecule has 0 aliphatic heterocycles. The Morgan fingerprint density at radius 3 is 2.72 bits per heavy atom. The van der Waals surface area contributed by atoms with Gasteiger partial charge in [0.2, 0.25) is 0 Å². The van der Waals surface area contributed by atoms with Crippen molar-refractivity contribution in [2.24, 2.45) is 5.73 Å². The summed E-state index contributed by atoms with van der Waals surface area (Å²) in [5.74, 6) is -0.490. The highest BCUT2D eigenvalue weighted by atomic mass is 35.5. The van der Waals surface area contributed by atoms with Gasteiger partial charge < -0.3 is 15.5 Å². The highest BCUT2D eigenvalue weighted by Gasteiger charge is 2.25. The normalized spacial score (nSPS) is 13.3. The van der Waals surface area contributed by atoms with Crippen LogP contribution in [0.25, 0.3) is 17.4 Å². The van der Waals surface area contributed by atoms with Crippen LogP contribution in [0.3, 0.4) is 0 Å². The van der Waals surface area contributed by atoms with Crippen LogP contribution in [0, 0.1) is 11.3 Å². The van der Waals surface area contributed by atoms with Crippen molar-refractivity contribution in [3.8, 4) is 17.4 Å². The van der Waals surface area contributed by atoms with Gasteiger partial charge >= 0.3 is 0 Å². The molecule has 1 aromatic carbocycles. The molecular weight excluding hydrogens is 469 g/mol. The maximum atomic E-state index is 12.8. The van der Waals surface area contributed by atoms with E-state index in [1.165, 1.54) is 17.4 Å². The Labute approximate surface area is 198 Å². The molecule has 1 aliphatic rings. The number of anilines is 1. The molecule has 162 valence electrons. The lowest BCUT2D eigenvalue weighted by molar-refractivity contribution is -0.112. The third-order valence-electron chi connectivity index (χ3n) is 5.14. The van der Waals surface area contributed by atoms with Gasteiger partial charge in [-0.25, -0.2) is 0 Å². The quantitative estimate of drug-likeness (QED) is 0.349.